The highest BCUT2D eigenvalue weighted by atomic mass is 79.9. The van der Waals surface area contributed by atoms with Gasteiger partial charge in [0, 0.05) is 29.2 Å². The SMILES string of the molecule is N#CCCN(C1CC1)S(=O)(=O)c1ccc(N)c(Br)c1. The van der Waals surface area contributed by atoms with Crippen molar-refractivity contribution in [3.8, 4) is 6.07 Å². The molecule has 7 heteroatoms. The fraction of sp³-hybridized carbons (Fsp3) is 0.417. The first-order valence-electron chi connectivity index (χ1n) is 5.90. The third kappa shape index (κ3) is 3.08. The molecule has 2 N–H and O–H groups in total. The lowest BCUT2D eigenvalue weighted by Crippen LogP contribution is -2.34. The molecule has 0 aromatic heterocycles. The molecular weight excluding hydrogens is 330 g/mol. The molecule has 1 aliphatic rings. The van der Waals surface area contributed by atoms with Crippen molar-refractivity contribution in [3.05, 3.63) is 22.7 Å². The zero-order chi connectivity index (χ0) is 14.0. The Morgan fingerprint density at radius 3 is 2.68 bits per heavy atom. The summed E-state index contributed by atoms with van der Waals surface area (Å²) in [5, 5.41) is 8.64. The number of nitrogens with two attached hydrogens (primary N) is 1. The van der Waals surface area contributed by atoms with E-state index in [1.54, 1.807) is 6.07 Å². The minimum atomic E-state index is -3.55. The number of hydrogen-bond acceptors (Lipinski definition) is 4. The maximum atomic E-state index is 12.5. The first kappa shape index (κ1) is 14.3. The number of halogens is 1. The molecule has 1 fully saturated rings. The summed E-state index contributed by atoms with van der Waals surface area (Å²) in [5.74, 6) is 0. The van der Waals surface area contributed by atoms with Crippen LogP contribution in [0.3, 0.4) is 0 Å². The number of sulfonamides is 1. The Bertz CT molecular complexity index is 620. The molecule has 1 aliphatic carbocycles. The number of benzene rings is 1. The highest BCUT2D eigenvalue weighted by molar-refractivity contribution is 9.10. The van der Waals surface area contributed by atoms with Gasteiger partial charge in [-0.25, -0.2) is 8.42 Å². The van der Waals surface area contributed by atoms with Crippen molar-refractivity contribution in [1.82, 2.24) is 4.31 Å². The van der Waals surface area contributed by atoms with Crippen molar-refractivity contribution in [1.29, 1.82) is 5.26 Å². The van der Waals surface area contributed by atoms with Gasteiger partial charge in [-0.05, 0) is 47.0 Å². The molecule has 0 heterocycles. The van der Waals surface area contributed by atoms with Crippen LogP contribution in [-0.2, 0) is 10.0 Å². The number of nitrogens with zero attached hydrogens (tertiary/aromatic N) is 2. The second-order valence-electron chi connectivity index (χ2n) is 4.44. The summed E-state index contributed by atoms with van der Waals surface area (Å²) in [7, 11) is -3.55. The lowest BCUT2D eigenvalue weighted by molar-refractivity contribution is 0.411. The molecule has 19 heavy (non-hydrogen) atoms. The van der Waals surface area contributed by atoms with Crippen LogP contribution >= 0.6 is 15.9 Å². The molecule has 0 radical (unpaired) electrons. The van der Waals surface area contributed by atoms with Crippen molar-refractivity contribution >= 4 is 31.6 Å². The van der Waals surface area contributed by atoms with Crippen LogP contribution in [0.4, 0.5) is 5.69 Å². The van der Waals surface area contributed by atoms with E-state index >= 15 is 0 Å². The van der Waals surface area contributed by atoms with Gasteiger partial charge in [0.25, 0.3) is 0 Å². The Kier molecular flexibility index (Phi) is 4.13. The van der Waals surface area contributed by atoms with Gasteiger partial charge in [-0.1, -0.05) is 0 Å². The normalized spacial score (nSPS) is 15.4. The van der Waals surface area contributed by atoms with Gasteiger partial charge in [0.05, 0.1) is 11.0 Å². The second kappa shape index (κ2) is 5.49. The maximum absolute atomic E-state index is 12.5. The van der Waals surface area contributed by atoms with Crippen LogP contribution in [0.1, 0.15) is 19.3 Å². The zero-order valence-corrected chi connectivity index (χ0v) is 12.6. The lowest BCUT2D eigenvalue weighted by atomic mass is 10.3. The molecule has 0 bridgehead atoms. The Hall–Kier alpha value is -1.10. The van der Waals surface area contributed by atoms with Crippen LogP contribution in [0.25, 0.3) is 0 Å². The largest absolute Gasteiger partial charge is 0.398 e. The molecule has 0 spiro atoms. The van der Waals surface area contributed by atoms with Gasteiger partial charge in [0.2, 0.25) is 10.0 Å². The summed E-state index contributed by atoms with van der Waals surface area (Å²) in [4.78, 5) is 0.207. The summed E-state index contributed by atoms with van der Waals surface area (Å²) >= 11 is 3.23. The number of hydrogen-bond donors (Lipinski definition) is 1. The molecule has 102 valence electrons. The second-order valence-corrected chi connectivity index (χ2v) is 7.18. The molecule has 1 aromatic rings. The first-order chi connectivity index (χ1) is 8.96. The fourth-order valence-electron chi connectivity index (χ4n) is 1.83. The van der Waals surface area contributed by atoms with Crippen LogP contribution < -0.4 is 5.73 Å². The third-order valence-corrected chi connectivity index (χ3v) is 5.61. The molecule has 0 saturated heterocycles. The van der Waals surface area contributed by atoms with Gasteiger partial charge < -0.3 is 5.73 Å². The molecule has 5 nitrogen and oxygen atoms in total. The van der Waals surface area contributed by atoms with E-state index in [1.807, 2.05) is 6.07 Å². The maximum Gasteiger partial charge on any atom is 0.243 e. The monoisotopic (exact) mass is 343 g/mol. The Morgan fingerprint density at radius 2 is 2.16 bits per heavy atom. The molecule has 0 aliphatic heterocycles. The van der Waals surface area contributed by atoms with Crippen molar-refractivity contribution < 1.29 is 8.42 Å². The topological polar surface area (TPSA) is 87.2 Å². The third-order valence-electron chi connectivity index (χ3n) is 2.98. The van der Waals surface area contributed by atoms with Crippen LogP contribution in [0.15, 0.2) is 27.6 Å². The molecule has 1 aromatic carbocycles. The highest BCUT2D eigenvalue weighted by Crippen LogP contribution is 2.33. The highest BCUT2D eigenvalue weighted by Gasteiger charge is 2.37. The van der Waals surface area contributed by atoms with Gasteiger partial charge in [-0.2, -0.15) is 9.57 Å². The van der Waals surface area contributed by atoms with E-state index in [2.05, 4.69) is 15.9 Å². The lowest BCUT2D eigenvalue weighted by Gasteiger charge is -2.21. The number of rotatable bonds is 5. The molecule has 0 amide bonds. The fourth-order valence-corrected chi connectivity index (χ4v) is 4.07. The Morgan fingerprint density at radius 1 is 1.47 bits per heavy atom. The summed E-state index contributed by atoms with van der Waals surface area (Å²) in [6.45, 7) is 0.242. The predicted molar refractivity (Wildman–Crippen MR) is 75.7 cm³/mol. The van der Waals surface area contributed by atoms with E-state index in [9.17, 15) is 8.42 Å². The summed E-state index contributed by atoms with van der Waals surface area (Å²) < 4.78 is 27.1. The van der Waals surface area contributed by atoms with Crippen molar-refractivity contribution in [2.75, 3.05) is 12.3 Å². The van der Waals surface area contributed by atoms with Crippen molar-refractivity contribution in [2.24, 2.45) is 0 Å². The minimum absolute atomic E-state index is 0.0367. The summed E-state index contributed by atoms with van der Waals surface area (Å²) in [6, 6.07) is 6.59. The average molecular weight is 344 g/mol. The average Bonchev–Trinajstić information content (AvgIpc) is 3.17. The van der Waals surface area contributed by atoms with E-state index in [4.69, 9.17) is 11.0 Å². The van der Waals surface area contributed by atoms with Crippen molar-refractivity contribution in [2.45, 2.75) is 30.2 Å². The minimum Gasteiger partial charge on any atom is -0.398 e. The molecule has 1 saturated carbocycles. The number of anilines is 1. The standard InChI is InChI=1S/C12H14BrN3O2S/c13-11-8-10(4-5-12(11)15)19(17,18)16(7-1-6-14)9-2-3-9/h4-5,8-9H,1-3,7,15H2. The van der Waals surface area contributed by atoms with E-state index in [0.717, 1.165) is 12.8 Å². The van der Waals surface area contributed by atoms with E-state index in [0.29, 0.717) is 10.2 Å². The van der Waals surface area contributed by atoms with Gasteiger partial charge in [0.15, 0.2) is 0 Å². The zero-order valence-electron chi connectivity index (χ0n) is 10.2. The van der Waals surface area contributed by atoms with Crippen LogP contribution in [-0.4, -0.2) is 25.3 Å². The Balaban J connectivity index is 2.33. The Labute approximate surface area is 121 Å². The van der Waals surface area contributed by atoms with Crippen LogP contribution in [0.5, 0.6) is 0 Å². The first-order valence-corrected chi connectivity index (χ1v) is 8.14. The van der Waals surface area contributed by atoms with Gasteiger partial charge in [0.1, 0.15) is 0 Å². The molecular formula is C12H14BrN3O2S. The van der Waals surface area contributed by atoms with E-state index in [1.165, 1.54) is 16.4 Å². The van der Waals surface area contributed by atoms with Gasteiger partial charge >= 0.3 is 0 Å². The molecule has 2 rings (SSSR count). The van der Waals surface area contributed by atoms with E-state index in [-0.39, 0.29) is 23.9 Å². The van der Waals surface area contributed by atoms with Crippen LogP contribution in [0, 0.1) is 11.3 Å². The van der Waals surface area contributed by atoms with Gasteiger partial charge in [-0.3, -0.25) is 0 Å². The number of nitriles is 1. The van der Waals surface area contributed by atoms with Gasteiger partial charge in [-0.15, -0.1) is 0 Å². The smallest absolute Gasteiger partial charge is 0.243 e. The summed E-state index contributed by atoms with van der Waals surface area (Å²) in [5.41, 5.74) is 6.16. The molecule has 0 unspecified atom stereocenters. The van der Waals surface area contributed by atoms with E-state index < -0.39 is 10.0 Å². The number of nitrogen functional groups attached to an aromatic ring is 1. The summed E-state index contributed by atoms with van der Waals surface area (Å²) in [6.07, 6.45) is 1.92. The predicted octanol–water partition coefficient (Wildman–Crippen LogP) is 2.10. The molecule has 0 atom stereocenters. The quantitative estimate of drug-likeness (QED) is 0.829. The van der Waals surface area contributed by atoms with Crippen LogP contribution in [0.2, 0.25) is 0 Å². The van der Waals surface area contributed by atoms with Crippen molar-refractivity contribution in [3.63, 3.8) is 0 Å².